The minimum atomic E-state index is 0.573. The molecule has 106 valence electrons. The van der Waals surface area contributed by atoms with E-state index in [1.807, 2.05) is 6.07 Å². The maximum Gasteiger partial charge on any atom is 0.134 e. The molecule has 0 atom stereocenters. The molecule has 1 aliphatic rings. The highest BCUT2D eigenvalue weighted by atomic mass is 35.5. The van der Waals surface area contributed by atoms with Crippen molar-refractivity contribution in [1.29, 1.82) is 0 Å². The Balaban J connectivity index is 2.02. The smallest absolute Gasteiger partial charge is 0.134 e. The Morgan fingerprint density at radius 3 is 2.58 bits per heavy atom. The molecule has 0 aliphatic carbocycles. The van der Waals surface area contributed by atoms with Crippen molar-refractivity contribution in [1.82, 2.24) is 9.97 Å². The van der Waals surface area contributed by atoms with Gasteiger partial charge in [-0.2, -0.15) is 0 Å². The van der Waals surface area contributed by atoms with Crippen molar-refractivity contribution in [3.8, 4) is 0 Å². The molecule has 1 saturated heterocycles. The van der Waals surface area contributed by atoms with E-state index in [1.54, 1.807) is 0 Å². The Bertz CT molecular complexity index is 400. The van der Waals surface area contributed by atoms with Gasteiger partial charge >= 0.3 is 0 Å². The highest BCUT2D eigenvalue weighted by molar-refractivity contribution is 6.29. The molecule has 2 rings (SSSR count). The van der Waals surface area contributed by atoms with Crippen LogP contribution in [0.25, 0.3) is 0 Å². The van der Waals surface area contributed by atoms with E-state index in [1.165, 1.54) is 25.7 Å². The van der Waals surface area contributed by atoms with Gasteiger partial charge in [0.05, 0.1) is 0 Å². The molecule has 1 aromatic rings. The van der Waals surface area contributed by atoms with Crippen molar-refractivity contribution in [3.05, 3.63) is 17.0 Å². The molecule has 0 bridgehead atoms. The molecule has 3 nitrogen and oxygen atoms in total. The van der Waals surface area contributed by atoms with Gasteiger partial charge in [0.25, 0.3) is 0 Å². The standard InChI is InChI=1S/C15H24ClN3/c1-3-5-12-7-9-19(10-8-12)15-11-13(16)17-14(18-15)6-4-2/h11-12H,3-10H2,1-2H3. The number of piperidine rings is 1. The van der Waals surface area contributed by atoms with Crippen molar-refractivity contribution in [2.45, 2.75) is 52.4 Å². The van der Waals surface area contributed by atoms with E-state index < -0.39 is 0 Å². The van der Waals surface area contributed by atoms with Gasteiger partial charge in [-0.3, -0.25) is 0 Å². The normalized spacial score (nSPS) is 16.9. The van der Waals surface area contributed by atoms with E-state index in [-0.39, 0.29) is 0 Å². The van der Waals surface area contributed by atoms with Crippen LogP contribution in [-0.4, -0.2) is 23.1 Å². The Labute approximate surface area is 121 Å². The minimum absolute atomic E-state index is 0.573. The summed E-state index contributed by atoms with van der Waals surface area (Å²) in [5.74, 6) is 2.78. The van der Waals surface area contributed by atoms with Crippen molar-refractivity contribution in [3.63, 3.8) is 0 Å². The van der Waals surface area contributed by atoms with E-state index in [4.69, 9.17) is 11.6 Å². The van der Waals surface area contributed by atoms with Crippen LogP contribution in [0.5, 0.6) is 0 Å². The monoisotopic (exact) mass is 281 g/mol. The van der Waals surface area contributed by atoms with Crippen molar-refractivity contribution in [2.75, 3.05) is 18.0 Å². The summed E-state index contributed by atoms with van der Waals surface area (Å²) in [4.78, 5) is 11.3. The maximum absolute atomic E-state index is 6.11. The largest absolute Gasteiger partial charge is 0.356 e. The highest BCUT2D eigenvalue weighted by Gasteiger charge is 2.20. The number of hydrogen-bond acceptors (Lipinski definition) is 3. The lowest BCUT2D eigenvalue weighted by Gasteiger charge is -2.32. The van der Waals surface area contributed by atoms with E-state index in [0.717, 1.165) is 43.5 Å². The molecule has 4 heteroatoms. The molecule has 0 radical (unpaired) electrons. The second-order valence-corrected chi connectivity index (χ2v) is 5.82. The first-order valence-corrected chi connectivity index (χ1v) is 7.89. The summed E-state index contributed by atoms with van der Waals surface area (Å²) in [6, 6.07) is 1.90. The molecule has 0 saturated carbocycles. The van der Waals surface area contributed by atoms with E-state index >= 15 is 0 Å². The molecule has 0 aromatic carbocycles. The Morgan fingerprint density at radius 1 is 1.21 bits per heavy atom. The maximum atomic E-state index is 6.11. The lowest BCUT2D eigenvalue weighted by atomic mass is 9.92. The molecule has 0 unspecified atom stereocenters. The van der Waals surface area contributed by atoms with Crippen LogP contribution in [0.4, 0.5) is 5.82 Å². The summed E-state index contributed by atoms with van der Waals surface area (Å²) in [5, 5.41) is 0.573. The van der Waals surface area contributed by atoms with Crippen LogP contribution in [0.2, 0.25) is 5.15 Å². The van der Waals surface area contributed by atoms with E-state index in [2.05, 4.69) is 28.7 Å². The first-order valence-electron chi connectivity index (χ1n) is 7.51. The lowest BCUT2D eigenvalue weighted by molar-refractivity contribution is 0.377. The summed E-state index contributed by atoms with van der Waals surface area (Å²) in [7, 11) is 0. The average Bonchev–Trinajstić information content (AvgIpc) is 2.40. The molecule has 19 heavy (non-hydrogen) atoms. The zero-order valence-corrected chi connectivity index (χ0v) is 12.8. The van der Waals surface area contributed by atoms with Crippen LogP contribution >= 0.6 is 11.6 Å². The molecule has 1 aromatic heterocycles. The van der Waals surface area contributed by atoms with Crippen LogP contribution in [0.3, 0.4) is 0 Å². The average molecular weight is 282 g/mol. The second kappa shape index (κ2) is 7.09. The molecule has 0 N–H and O–H groups in total. The first kappa shape index (κ1) is 14.6. The summed E-state index contributed by atoms with van der Waals surface area (Å²) >= 11 is 6.11. The number of aryl methyl sites for hydroxylation is 1. The zero-order valence-electron chi connectivity index (χ0n) is 12.0. The fraction of sp³-hybridized carbons (Fsp3) is 0.733. The molecule has 1 aliphatic heterocycles. The van der Waals surface area contributed by atoms with Crippen molar-refractivity contribution < 1.29 is 0 Å². The van der Waals surface area contributed by atoms with Gasteiger partial charge < -0.3 is 4.90 Å². The van der Waals surface area contributed by atoms with Crippen LogP contribution < -0.4 is 4.90 Å². The SMILES string of the molecule is CCCc1nc(Cl)cc(N2CCC(CCC)CC2)n1. The number of halogens is 1. The highest BCUT2D eigenvalue weighted by Crippen LogP contribution is 2.26. The van der Waals surface area contributed by atoms with Crippen molar-refractivity contribution in [2.24, 2.45) is 5.92 Å². The van der Waals surface area contributed by atoms with Crippen LogP contribution in [-0.2, 0) is 6.42 Å². The number of rotatable bonds is 5. The number of aromatic nitrogens is 2. The molecule has 0 amide bonds. The minimum Gasteiger partial charge on any atom is -0.356 e. The predicted molar refractivity (Wildman–Crippen MR) is 80.9 cm³/mol. The molecular weight excluding hydrogens is 258 g/mol. The van der Waals surface area contributed by atoms with E-state index in [0.29, 0.717) is 5.15 Å². The molecule has 2 heterocycles. The third-order valence-corrected chi connectivity index (χ3v) is 4.03. The Morgan fingerprint density at radius 2 is 1.95 bits per heavy atom. The van der Waals surface area contributed by atoms with Gasteiger partial charge in [-0.15, -0.1) is 0 Å². The third-order valence-electron chi connectivity index (χ3n) is 3.84. The summed E-state index contributed by atoms with van der Waals surface area (Å²) < 4.78 is 0. The topological polar surface area (TPSA) is 29.0 Å². The summed E-state index contributed by atoms with van der Waals surface area (Å²) in [6.45, 7) is 6.61. The molecule has 1 fully saturated rings. The predicted octanol–water partition coefficient (Wildman–Crippen LogP) is 4.10. The van der Waals surface area contributed by atoms with Gasteiger partial charge in [0, 0.05) is 25.6 Å². The zero-order chi connectivity index (χ0) is 13.7. The van der Waals surface area contributed by atoms with E-state index in [9.17, 15) is 0 Å². The third kappa shape index (κ3) is 4.07. The second-order valence-electron chi connectivity index (χ2n) is 5.43. The fourth-order valence-electron chi connectivity index (χ4n) is 2.81. The van der Waals surface area contributed by atoms with Gasteiger partial charge in [-0.25, -0.2) is 9.97 Å². The molecule has 0 spiro atoms. The number of anilines is 1. The Hall–Kier alpha value is -0.830. The number of nitrogens with zero attached hydrogens (tertiary/aromatic N) is 3. The first-order chi connectivity index (χ1) is 9.22. The summed E-state index contributed by atoms with van der Waals surface area (Å²) in [6.07, 6.45) is 7.17. The van der Waals surface area contributed by atoms with Gasteiger partial charge in [0.1, 0.15) is 16.8 Å². The molecular formula is C15H24ClN3. The van der Waals surface area contributed by atoms with Crippen LogP contribution in [0.1, 0.15) is 51.8 Å². The summed E-state index contributed by atoms with van der Waals surface area (Å²) in [5.41, 5.74) is 0. The van der Waals surface area contributed by atoms with Gasteiger partial charge in [0.15, 0.2) is 0 Å². The van der Waals surface area contributed by atoms with Crippen LogP contribution in [0, 0.1) is 5.92 Å². The van der Waals surface area contributed by atoms with Gasteiger partial charge in [-0.1, -0.05) is 38.3 Å². The number of hydrogen-bond donors (Lipinski definition) is 0. The van der Waals surface area contributed by atoms with Crippen molar-refractivity contribution >= 4 is 17.4 Å². The quantitative estimate of drug-likeness (QED) is 0.761. The van der Waals surface area contributed by atoms with Gasteiger partial charge in [0.2, 0.25) is 0 Å². The lowest BCUT2D eigenvalue weighted by Crippen LogP contribution is -2.34. The fourth-order valence-corrected chi connectivity index (χ4v) is 3.00. The van der Waals surface area contributed by atoms with Gasteiger partial charge in [-0.05, 0) is 25.2 Å². The Kier molecular flexibility index (Phi) is 5.44. The van der Waals surface area contributed by atoms with Crippen LogP contribution in [0.15, 0.2) is 6.07 Å².